The van der Waals surface area contributed by atoms with E-state index in [0.717, 1.165) is 12.8 Å². The Labute approximate surface area is 200 Å². The van der Waals surface area contributed by atoms with Gasteiger partial charge in [0, 0.05) is 5.92 Å². The van der Waals surface area contributed by atoms with Gasteiger partial charge in [0.1, 0.15) is 0 Å². The Bertz CT molecular complexity index is 1190. The fourth-order valence-electron chi connectivity index (χ4n) is 6.18. The van der Waals surface area contributed by atoms with Crippen molar-refractivity contribution >= 4 is 0 Å². The van der Waals surface area contributed by atoms with E-state index < -0.39 is 0 Å². The predicted octanol–water partition coefficient (Wildman–Crippen LogP) is 8.86. The van der Waals surface area contributed by atoms with Crippen molar-refractivity contribution in [3.05, 3.63) is 118 Å². The Morgan fingerprint density at radius 3 is 2.30 bits per heavy atom. The van der Waals surface area contributed by atoms with Crippen LogP contribution in [0.4, 0.5) is 0 Å². The molecule has 33 heavy (non-hydrogen) atoms. The maximum Gasteiger partial charge on any atom is 0.0237 e. The van der Waals surface area contributed by atoms with Gasteiger partial charge in [-0.25, -0.2) is 0 Å². The summed E-state index contributed by atoms with van der Waals surface area (Å²) >= 11 is 0. The van der Waals surface area contributed by atoms with Crippen LogP contribution in [0.3, 0.4) is 0 Å². The molecular weight excluding hydrogens is 396 g/mol. The first kappa shape index (κ1) is 22.0. The van der Waals surface area contributed by atoms with Crippen LogP contribution in [0.2, 0.25) is 0 Å². The van der Waals surface area contributed by atoms with Gasteiger partial charge >= 0.3 is 0 Å². The van der Waals surface area contributed by atoms with Gasteiger partial charge < -0.3 is 0 Å². The zero-order valence-electron chi connectivity index (χ0n) is 20.4. The van der Waals surface area contributed by atoms with Crippen LogP contribution in [0.5, 0.6) is 0 Å². The topological polar surface area (TPSA) is 0 Å². The number of unbranched alkanes of at least 4 members (excludes halogenated alkanes) is 2. The van der Waals surface area contributed by atoms with Gasteiger partial charge in [-0.3, -0.25) is 0 Å². The van der Waals surface area contributed by atoms with E-state index in [4.69, 9.17) is 0 Å². The minimum Gasteiger partial charge on any atom is -0.0697 e. The van der Waals surface area contributed by atoms with E-state index in [2.05, 4.69) is 99.6 Å². The van der Waals surface area contributed by atoms with Crippen LogP contribution in [0, 0.1) is 5.92 Å². The van der Waals surface area contributed by atoms with E-state index in [-0.39, 0.29) is 0 Å². The molecule has 3 aromatic rings. The molecule has 0 heteroatoms. The Kier molecular flexibility index (Phi) is 6.36. The van der Waals surface area contributed by atoms with Crippen molar-refractivity contribution in [1.29, 1.82) is 0 Å². The first-order chi connectivity index (χ1) is 16.2. The van der Waals surface area contributed by atoms with Crippen molar-refractivity contribution < 1.29 is 0 Å². The zero-order valence-corrected chi connectivity index (χ0v) is 20.4. The molecule has 0 radical (unpaired) electrons. The molecule has 2 unspecified atom stereocenters. The van der Waals surface area contributed by atoms with E-state index in [9.17, 15) is 0 Å². The van der Waals surface area contributed by atoms with Gasteiger partial charge in [-0.15, -0.1) is 0 Å². The average molecular weight is 433 g/mol. The smallest absolute Gasteiger partial charge is 0.0237 e. The van der Waals surface area contributed by atoms with E-state index >= 15 is 0 Å². The average Bonchev–Trinajstić information content (AvgIpc) is 3.04. The third kappa shape index (κ3) is 4.36. The fraction of sp³-hybridized carbons (Fsp3) is 0.333. The molecule has 3 aromatic carbocycles. The van der Waals surface area contributed by atoms with Gasteiger partial charge in [0.05, 0.1) is 0 Å². The summed E-state index contributed by atoms with van der Waals surface area (Å²) in [6, 6.07) is 27.4. The lowest BCUT2D eigenvalue weighted by atomic mass is 9.83. The molecule has 0 aliphatic heterocycles. The standard InChI is InChI=1S/C33H36/c1-4-5-7-12-25-17-18-31-28(20-25)22-29(21-27-15-10-11-16-30(27)31)33-23(2)19-32(24(33)3)26-13-8-6-9-14-26/h6,8-11,13-20,29,32H,4-5,7,12,21-22H2,1-3H3. The van der Waals surface area contributed by atoms with Crippen molar-refractivity contribution in [2.45, 2.75) is 65.2 Å². The number of hydrogen-bond donors (Lipinski definition) is 0. The fourth-order valence-corrected chi connectivity index (χ4v) is 6.18. The molecule has 2 atom stereocenters. The summed E-state index contributed by atoms with van der Waals surface area (Å²) in [5.74, 6) is 0.947. The molecule has 0 saturated carbocycles. The largest absolute Gasteiger partial charge is 0.0697 e. The molecule has 0 N–H and O–H groups in total. The number of hydrogen-bond acceptors (Lipinski definition) is 0. The summed E-state index contributed by atoms with van der Waals surface area (Å²) in [5, 5.41) is 0. The maximum atomic E-state index is 2.53. The lowest BCUT2D eigenvalue weighted by molar-refractivity contribution is 0.614. The maximum absolute atomic E-state index is 2.53. The summed E-state index contributed by atoms with van der Waals surface area (Å²) in [6.45, 7) is 6.99. The van der Waals surface area contributed by atoms with Crippen molar-refractivity contribution in [2.24, 2.45) is 5.92 Å². The number of aryl methyl sites for hydroxylation is 1. The van der Waals surface area contributed by atoms with Gasteiger partial charge in [-0.05, 0) is 84.4 Å². The molecule has 0 nitrogen and oxygen atoms in total. The monoisotopic (exact) mass is 432 g/mol. The highest BCUT2D eigenvalue weighted by Gasteiger charge is 2.30. The summed E-state index contributed by atoms with van der Waals surface area (Å²) in [6.07, 6.45) is 9.84. The van der Waals surface area contributed by atoms with Crippen LogP contribution in [-0.2, 0) is 19.3 Å². The van der Waals surface area contributed by atoms with E-state index in [1.165, 1.54) is 64.6 Å². The molecule has 5 rings (SSSR count). The van der Waals surface area contributed by atoms with Crippen LogP contribution in [-0.4, -0.2) is 0 Å². The van der Waals surface area contributed by atoms with Crippen molar-refractivity contribution in [3.63, 3.8) is 0 Å². The van der Waals surface area contributed by atoms with Crippen LogP contribution in [0.25, 0.3) is 11.1 Å². The Hall–Kier alpha value is -2.86. The van der Waals surface area contributed by atoms with Gasteiger partial charge in [0.15, 0.2) is 0 Å². The first-order valence-corrected chi connectivity index (χ1v) is 12.8. The minimum absolute atomic E-state index is 0.416. The second-order valence-electron chi connectivity index (χ2n) is 10.0. The van der Waals surface area contributed by atoms with Gasteiger partial charge in [0.25, 0.3) is 0 Å². The summed E-state index contributed by atoms with van der Waals surface area (Å²) in [4.78, 5) is 0. The highest BCUT2D eigenvalue weighted by molar-refractivity contribution is 5.73. The van der Waals surface area contributed by atoms with Crippen LogP contribution < -0.4 is 0 Å². The second-order valence-corrected chi connectivity index (χ2v) is 10.0. The molecule has 2 aliphatic carbocycles. The Morgan fingerprint density at radius 2 is 1.48 bits per heavy atom. The SMILES string of the molecule is CCCCCc1ccc2c(c1)CC(C1=C(C)C(c3ccccc3)C=C1C)Cc1ccccc1-2. The number of allylic oxidation sites excluding steroid dienone is 4. The van der Waals surface area contributed by atoms with Gasteiger partial charge in [-0.1, -0.05) is 110 Å². The van der Waals surface area contributed by atoms with E-state index in [1.807, 2.05) is 0 Å². The van der Waals surface area contributed by atoms with Crippen molar-refractivity contribution in [2.75, 3.05) is 0 Å². The molecule has 2 aliphatic rings. The van der Waals surface area contributed by atoms with Crippen LogP contribution in [0.15, 0.2) is 95.6 Å². The van der Waals surface area contributed by atoms with Gasteiger partial charge in [-0.2, -0.15) is 0 Å². The first-order valence-electron chi connectivity index (χ1n) is 12.8. The normalized spacial score (nSPS) is 19.7. The Morgan fingerprint density at radius 1 is 0.758 bits per heavy atom. The molecular formula is C33H36. The quantitative estimate of drug-likeness (QED) is 0.341. The predicted molar refractivity (Wildman–Crippen MR) is 142 cm³/mol. The summed E-state index contributed by atoms with van der Waals surface area (Å²) < 4.78 is 0. The van der Waals surface area contributed by atoms with Crippen LogP contribution in [0.1, 0.15) is 68.2 Å². The molecule has 0 spiro atoms. The number of fused-ring (bicyclic) bond motifs is 3. The molecule has 0 saturated heterocycles. The highest BCUT2D eigenvalue weighted by Crippen LogP contribution is 2.45. The Balaban J connectivity index is 1.55. The van der Waals surface area contributed by atoms with Crippen molar-refractivity contribution in [1.82, 2.24) is 0 Å². The van der Waals surface area contributed by atoms with Crippen molar-refractivity contribution in [3.8, 4) is 11.1 Å². The highest BCUT2D eigenvalue weighted by atomic mass is 14.3. The van der Waals surface area contributed by atoms with E-state index in [0.29, 0.717) is 11.8 Å². The number of benzene rings is 3. The number of rotatable bonds is 6. The molecule has 168 valence electrons. The third-order valence-corrected chi connectivity index (χ3v) is 7.78. The molecule has 0 bridgehead atoms. The molecule has 0 fully saturated rings. The van der Waals surface area contributed by atoms with E-state index in [1.54, 1.807) is 11.1 Å². The summed E-state index contributed by atoms with van der Waals surface area (Å²) in [5.41, 5.74) is 13.5. The van der Waals surface area contributed by atoms with Gasteiger partial charge in [0.2, 0.25) is 0 Å². The minimum atomic E-state index is 0.416. The molecule has 0 aromatic heterocycles. The summed E-state index contributed by atoms with van der Waals surface area (Å²) in [7, 11) is 0. The lowest BCUT2D eigenvalue weighted by Gasteiger charge is -2.21. The third-order valence-electron chi connectivity index (χ3n) is 7.78. The molecule has 0 amide bonds. The zero-order chi connectivity index (χ0) is 22.8. The van der Waals surface area contributed by atoms with Crippen LogP contribution >= 0.6 is 0 Å². The molecule has 0 heterocycles. The second kappa shape index (κ2) is 9.56. The lowest BCUT2D eigenvalue weighted by Crippen LogP contribution is -2.12.